The summed E-state index contributed by atoms with van der Waals surface area (Å²) in [4.78, 5) is 4.47. The van der Waals surface area contributed by atoms with Crippen LogP contribution >= 0.6 is 24.0 Å². The van der Waals surface area contributed by atoms with Crippen LogP contribution in [-0.4, -0.2) is 44.9 Å². The van der Waals surface area contributed by atoms with Gasteiger partial charge in [0.25, 0.3) is 0 Å². The maximum atomic E-state index is 13.2. The number of aryl methyl sites for hydroxylation is 1. The number of benzene rings is 2. The first kappa shape index (κ1) is 26.0. The number of aliphatic hydroxyl groups is 1. The highest BCUT2D eigenvalue weighted by Crippen LogP contribution is 2.26. The summed E-state index contributed by atoms with van der Waals surface area (Å²) in [6.07, 6.45) is -0.0552. The summed E-state index contributed by atoms with van der Waals surface area (Å²) in [5.41, 5.74) is 2.68. The monoisotopic (exact) mass is 531 g/mol. The maximum Gasteiger partial charge on any atom is 0.191 e. The van der Waals surface area contributed by atoms with Crippen LogP contribution in [0.1, 0.15) is 29.7 Å². The van der Waals surface area contributed by atoms with Crippen LogP contribution in [-0.2, 0) is 6.42 Å². The second-order valence-electron chi connectivity index (χ2n) is 6.63. The number of halogens is 2. The minimum Gasteiger partial charge on any atom is -0.497 e. The normalized spacial score (nSPS) is 12.0. The predicted molar refractivity (Wildman–Crippen MR) is 129 cm³/mol. The number of ether oxygens (including phenoxy) is 2. The molecular weight excluding hydrogens is 500 g/mol. The van der Waals surface area contributed by atoms with Crippen molar-refractivity contribution in [2.45, 2.75) is 26.4 Å². The van der Waals surface area contributed by atoms with Crippen LogP contribution in [0.2, 0.25) is 0 Å². The topological polar surface area (TPSA) is 75.1 Å². The lowest BCUT2D eigenvalue weighted by molar-refractivity contribution is 0.186. The fourth-order valence-corrected chi connectivity index (χ4v) is 2.90. The predicted octanol–water partition coefficient (Wildman–Crippen LogP) is 3.60. The number of aliphatic hydroxyl groups excluding tert-OH is 1. The van der Waals surface area contributed by atoms with Crippen LogP contribution in [0, 0.1) is 12.7 Å². The Bertz CT molecular complexity index is 811. The number of methoxy groups -OCH3 is 2. The first-order valence-corrected chi connectivity index (χ1v) is 9.65. The third-order valence-corrected chi connectivity index (χ3v) is 4.52. The number of hydrogen-bond donors (Lipinski definition) is 3. The average molecular weight is 531 g/mol. The SMILES string of the molecule is CCNC(=NCC(O)c1cc(OC)cc(OC)c1)NCCc1ccc(F)cc1C.I. The fraction of sp³-hybridized carbons (Fsp3) is 0.409. The Morgan fingerprint density at radius 1 is 1.10 bits per heavy atom. The zero-order valence-electron chi connectivity index (χ0n) is 17.9. The number of nitrogens with one attached hydrogen (secondary N) is 2. The van der Waals surface area contributed by atoms with E-state index in [1.165, 1.54) is 12.1 Å². The molecule has 0 radical (unpaired) electrons. The quantitative estimate of drug-likeness (QED) is 0.262. The highest BCUT2D eigenvalue weighted by molar-refractivity contribution is 14.0. The third kappa shape index (κ3) is 7.98. The molecule has 30 heavy (non-hydrogen) atoms. The Balaban J connectivity index is 0.00000450. The number of hydrogen-bond acceptors (Lipinski definition) is 4. The van der Waals surface area contributed by atoms with Crippen LogP contribution in [0.3, 0.4) is 0 Å². The van der Waals surface area contributed by atoms with E-state index in [2.05, 4.69) is 15.6 Å². The standard InChI is InChI=1S/C22H30FN3O3.HI/c1-5-24-22(25-9-8-16-6-7-18(23)10-15(16)2)26-14-21(27)17-11-19(28-3)13-20(12-17)29-4;/h6-7,10-13,21,27H,5,8-9,14H2,1-4H3,(H2,24,25,26);1H. The molecular formula is C22H31FIN3O3. The number of rotatable bonds is 9. The van der Waals surface area contributed by atoms with Crippen molar-refractivity contribution in [2.24, 2.45) is 4.99 Å². The van der Waals surface area contributed by atoms with Crippen molar-refractivity contribution in [3.63, 3.8) is 0 Å². The van der Waals surface area contributed by atoms with Crippen molar-refractivity contribution >= 4 is 29.9 Å². The molecule has 0 heterocycles. The summed E-state index contributed by atoms with van der Waals surface area (Å²) >= 11 is 0. The first-order valence-electron chi connectivity index (χ1n) is 9.65. The molecule has 0 aliphatic rings. The first-order chi connectivity index (χ1) is 14.0. The van der Waals surface area contributed by atoms with Crippen LogP contribution in [0.4, 0.5) is 4.39 Å². The maximum absolute atomic E-state index is 13.2. The van der Waals surface area contributed by atoms with Gasteiger partial charge in [0.1, 0.15) is 17.3 Å². The van der Waals surface area contributed by atoms with Gasteiger partial charge in [0, 0.05) is 19.2 Å². The molecule has 6 nitrogen and oxygen atoms in total. The molecule has 0 amide bonds. The van der Waals surface area contributed by atoms with Gasteiger partial charge in [-0.15, -0.1) is 24.0 Å². The molecule has 0 fully saturated rings. The van der Waals surface area contributed by atoms with Gasteiger partial charge in [-0.05, 0) is 61.2 Å². The van der Waals surface area contributed by atoms with Crippen LogP contribution in [0.25, 0.3) is 0 Å². The molecule has 0 spiro atoms. The van der Waals surface area contributed by atoms with Crippen LogP contribution < -0.4 is 20.1 Å². The van der Waals surface area contributed by atoms with E-state index in [1.54, 1.807) is 38.5 Å². The molecule has 0 aliphatic heterocycles. The Morgan fingerprint density at radius 2 is 1.77 bits per heavy atom. The highest BCUT2D eigenvalue weighted by atomic mass is 127. The minimum absolute atomic E-state index is 0. The molecule has 3 N–H and O–H groups in total. The van der Waals surface area contributed by atoms with Crippen LogP contribution in [0.5, 0.6) is 11.5 Å². The van der Waals surface area contributed by atoms with E-state index >= 15 is 0 Å². The molecule has 0 saturated carbocycles. The van der Waals surface area contributed by atoms with Gasteiger partial charge in [-0.25, -0.2) is 4.39 Å². The van der Waals surface area contributed by atoms with E-state index in [-0.39, 0.29) is 36.3 Å². The van der Waals surface area contributed by atoms with Gasteiger partial charge < -0.3 is 25.2 Å². The molecule has 2 aromatic carbocycles. The Hall–Kier alpha value is -2.07. The molecule has 0 saturated heterocycles. The zero-order chi connectivity index (χ0) is 21.2. The number of aliphatic imine (C=N–C) groups is 1. The molecule has 0 aliphatic carbocycles. The molecule has 2 aromatic rings. The van der Waals surface area contributed by atoms with Gasteiger partial charge in [0.2, 0.25) is 0 Å². The molecule has 1 atom stereocenters. The van der Waals surface area contributed by atoms with E-state index in [0.29, 0.717) is 36.1 Å². The zero-order valence-corrected chi connectivity index (χ0v) is 20.2. The van der Waals surface area contributed by atoms with Crippen molar-refractivity contribution < 1.29 is 19.0 Å². The van der Waals surface area contributed by atoms with Gasteiger partial charge >= 0.3 is 0 Å². The summed E-state index contributed by atoms with van der Waals surface area (Å²) in [6.45, 7) is 5.40. The lowest BCUT2D eigenvalue weighted by Gasteiger charge is -2.15. The molecule has 1 unspecified atom stereocenters. The van der Waals surface area contributed by atoms with E-state index < -0.39 is 6.10 Å². The number of nitrogens with zero attached hydrogens (tertiary/aromatic N) is 1. The highest BCUT2D eigenvalue weighted by Gasteiger charge is 2.11. The van der Waals surface area contributed by atoms with Crippen LogP contribution in [0.15, 0.2) is 41.4 Å². The average Bonchev–Trinajstić information content (AvgIpc) is 2.72. The summed E-state index contributed by atoms with van der Waals surface area (Å²) in [5.74, 6) is 1.61. The lowest BCUT2D eigenvalue weighted by Crippen LogP contribution is -2.38. The van der Waals surface area contributed by atoms with E-state index in [9.17, 15) is 9.50 Å². The van der Waals surface area contributed by atoms with Gasteiger partial charge in [0.15, 0.2) is 5.96 Å². The van der Waals surface area contributed by atoms with E-state index in [0.717, 1.165) is 17.5 Å². The second kappa shape index (κ2) is 13.3. The minimum atomic E-state index is -0.797. The summed E-state index contributed by atoms with van der Waals surface area (Å²) in [6, 6.07) is 10.1. The Labute approximate surface area is 194 Å². The summed E-state index contributed by atoms with van der Waals surface area (Å²) in [5, 5.41) is 16.9. The fourth-order valence-electron chi connectivity index (χ4n) is 2.90. The van der Waals surface area contributed by atoms with Crippen molar-refractivity contribution in [2.75, 3.05) is 33.9 Å². The third-order valence-electron chi connectivity index (χ3n) is 4.52. The Kier molecular flexibility index (Phi) is 11.5. The largest absolute Gasteiger partial charge is 0.497 e. The van der Waals surface area contributed by atoms with Crippen molar-refractivity contribution in [3.8, 4) is 11.5 Å². The summed E-state index contributed by atoms with van der Waals surface area (Å²) in [7, 11) is 3.14. The Morgan fingerprint density at radius 3 is 2.33 bits per heavy atom. The summed E-state index contributed by atoms with van der Waals surface area (Å²) < 4.78 is 23.7. The van der Waals surface area contributed by atoms with Crippen molar-refractivity contribution in [1.82, 2.24) is 10.6 Å². The van der Waals surface area contributed by atoms with E-state index in [4.69, 9.17) is 9.47 Å². The van der Waals surface area contributed by atoms with E-state index in [1.807, 2.05) is 13.8 Å². The molecule has 8 heteroatoms. The number of guanidine groups is 1. The van der Waals surface area contributed by atoms with Gasteiger partial charge in [-0.3, -0.25) is 4.99 Å². The molecule has 0 bridgehead atoms. The molecule has 0 aromatic heterocycles. The van der Waals surface area contributed by atoms with Gasteiger partial charge in [-0.2, -0.15) is 0 Å². The molecule has 166 valence electrons. The van der Waals surface area contributed by atoms with Crippen molar-refractivity contribution in [3.05, 3.63) is 58.9 Å². The van der Waals surface area contributed by atoms with Gasteiger partial charge in [0.05, 0.1) is 26.9 Å². The lowest BCUT2D eigenvalue weighted by atomic mass is 10.1. The van der Waals surface area contributed by atoms with Crippen molar-refractivity contribution in [1.29, 1.82) is 0 Å². The smallest absolute Gasteiger partial charge is 0.191 e. The second-order valence-corrected chi connectivity index (χ2v) is 6.63. The van der Waals surface area contributed by atoms with Gasteiger partial charge in [-0.1, -0.05) is 6.07 Å². The molecule has 2 rings (SSSR count).